The summed E-state index contributed by atoms with van der Waals surface area (Å²) >= 11 is 0. The van der Waals surface area contributed by atoms with Crippen LogP contribution in [0.1, 0.15) is 18.9 Å². The molecule has 1 aromatic carbocycles. The molecule has 0 amide bonds. The molecule has 1 atom stereocenters. The fourth-order valence-electron chi connectivity index (χ4n) is 2.27. The number of nitrogens with two attached hydrogens (primary N) is 1. The Kier molecular flexibility index (Phi) is 3.08. The monoisotopic (exact) mass is 204 g/mol. The maximum atomic E-state index is 5.80. The predicted octanol–water partition coefficient (Wildman–Crippen LogP) is 1.86. The highest BCUT2D eigenvalue weighted by molar-refractivity contribution is 5.14. The minimum absolute atomic E-state index is 0.342. The first-order chi connectivity index (χ1) is 7.22. The van der Waals surface area contributed by atoms with Crippen LogP contribution in [0.4, 0.5) is 0 Å². The molecular formula is C13H20N2. The smallest absolute Gasteiger partial charge is 0.0233 e. The molecule has 1 aliphatic rings. The topological polar surface area (TPSA) is 29.3 Å². The van der Waals surface area contributed by atoms with E-state index >= 15 is 0 Å². The Morgan fingerprint density at radius 3 is 2.67 bits per heavy atom. The van der Waals surface area contributed by atoms with Crippen molar-refractivity contribution in [2.24, 2.45) is 11.1 Å². The molecule has 0 bridgehead atoms. The first-order valence-corrected chi connectivity index (χ1v) is 5.68. The van der Waals surface area contributed by atoms with E-state index in [4.69, 9.17) is 5.73 Å². The van der Waals surface area contributed by atoms with Crippen molar-refractivity contribution in [3.8, 4) is 0 Å². The Labute approximate surface area is 92.1 Å². The molecular weight excluding hydrogens is 184 g/mol. The van der Waals surface area contributed by atoms with Crippen LogP contribution in [0.2, 0.25) is 0 Å². The van der Waals surface area contributed by atoms with Crippen molar-refractivity contribution < 1.29 is 0 Å². The van der Waals surface area contributed by atoms with Gasteiger partial charge in [0.1, 0.15) is 0 Å². The predicted molar refractivity (Wildman–Crippen MR) is 63.5 cm³/mol. The normalized spacial score (nSPS) is 27.1. The van der Waals surface area contributed by atoms with E-state index in [0.717, 1.165) is 19.6 Å². The van der Waals surface area contributed by atoms with E-state index in [1.165, 1.54) is 18.5 Å². The zero-order valence-corrected chi connectivity index (χ0v) is 9.45. The zero-order chi connectivity index (χ0) is 10.7. The van der Waals surface area contributed by atoms with Gasteiger partial charge in [0.05, 0.1) is 0 Å². The van der Waals surface area contributed by atoms with Crippen molar-refractivity contribution in [1.29, 1.82) is 0 Å². The van der Waals surface area contributed by atoms with Gasteiger partial charge in [0, 0.05) is 13.1 Å². The van der Waals surface area contributed by atoms with E-state index in [1.807, 2.05) is 0 Å². The molecule has 1 fully saturated rings. The van der Waals surface area contributed by atoms with Crippen LogP contribution >= 0.6 is 0 Å². The van der Waals surface area contributed by atoms with Crippen molar-refractivity contribution in [2.45, 2.75) is 19.9 Å². The fraction of sp³-hybridized carbons (Fsp3) is 0.538. The molecule has 82 valence electrons. The molecule has 0 aliphatic carbocycles. The van der Waals surface area contributed by atoms with Crippen molar-refractivity contribution in [3.05, 3.63) is 35.9 Å². The SMILES string of the molecule is CC1(CN)CCN(Cc2ccccc2)C1. The van der Waals surface area contributed by atoms with E-state index in [9.17, 15) is 0 Å². The van der Waals surface area contributed by atoms with Crippen LogP contribution in [-0.4, -0.2) is 24.5 Å². The van der Waals surface area contributed by atoms with Gasteiger partial charge >= 0.3 is 0 Å². The van der Waals surface area contributed by atoms with Crippen molar-refractivity contribution >= 4 is 0 Å². The number of rotatable bonds is 3. The molecule has 1 aliphatic heterocycles. The summed E-state index contributed by atoms with van der Waals surface area (Å²) in [5.74, 6) is 0. The standard InChI is InChI=1S/C13H20N2/c1-13(10-14)7-8-15(11-13)9-12-5-3-2-4-6-12/h2-6H,7-11,14H2,1H3. The van der Waals surface area contributed by atoms with Gasteiger partial charge in [-0.25, -0.2) is 0 Å². The molecule has 0 spiro atoms. The Hall–Kier alpha value is -0.860. The van der Waals surface area contributed by atoms with Crippen LogP contribution < -0.4 is 5.73 Å². The summed E-state index contributed by atoms with van der Waals surface area (Å²) in [6.45, 7) is 6.48. The second-order valence-electron chi connectivity index (χ2n) is 4.96. The van der Waals surface area contributed by atoms with Crippen LogP contribution in [0.3, 0.4) is 0 Å². The summed E-state index contributed by atoms with van der Waals surface area (Å²) in [6, 6.07) is 10.7. The third kappa shape index (κ3) is 2.58. The lowest BCUT2D eigenvalue weighted by Gasteiger charge is -2.22. The van der Waals surface area contributed by atoms with Gasteiger partial charge in [-0.2, -0.15) is 0 Å². The highest BCUT2D eigenvalue weighted by Gasteiger charge is 2.31. The molecule has 1 saturated heterocycles. The Morgan fingerprint density at radius 2 is 2.07 bits per heavy atom. The highest BCUT2D eigenvalue weighted by atomic mass is 15.2. The molecule has 2 heteroatoms. The lowest BCUT2D eigenvalue weighted by molar-refractivity contribution is 0.274. The highest BCUT2D eigenvalue weighted by Crippen LogP contribution is 2.29. The molecule has 0 aromatic heterocycles. The van der Waals surface area contributed by atoms with Gasteiger partial charge in [-0.3, -0.25) is 4.90 Å². The summed E-state index contributed by atoms with van der Waals surface area (Å²) in [6.07, 6.45) is 1.23. The van der Waals surface area contributed by atoms with Gasteiger partial charge in [-0.05, 0) is 30.5 Å². The number of likely N-dealkylation sites (tertiary alicyclic amines) is 1. The summed E-state index contributed by atoms with van der Waals surface area (Å²) in [7, 11) is 0. The van der Waals surface area contributed by atoms with E-state index in [-0.39, 0.29) is 0 Å². The summed E-state index contributed by atoms with van der Waals surface area (Å²) < 4.78 is 0. The van der Waals surface area contributed by atoms with Crippen molar-refractivity contribution in [1.82, 2.24) is 4.90 Å². The maximum Gasteiger partial charge on any atom is 0.0233 e. The molecule has 0 saturated carbocycles. The van der Waals surface area contributed by atoms with Crippen LogP contribution in [0.15, 0.2) is 30.3 Å². The number of benzene rings is 1. The van der Waals surface area contributed by atoms with Gasteiger partial charge in [0.25, 0.3) is 0 Å². The van der Waals surface area contributed by atoms with Crippen LogP contribution in [0, 0.1) is 5.41 Å². The average molecular weight is 204 g/mol. The van der Waals surface area contributed by atoms with Gasteiger partial charge < -0.3 is 5.73 Å². The molecule has 1 aromatic rings. The molecule has 1 heterocycles. The Balaban J connectivity index is 1.93. The van der Waals surface area contributed by atoms with E-state index < -0.39 is 0 Å². The molecule has 1 unspecified atom stereocenters. The Morgan fingerprint density at radius 1 is 1.33 bits per heavy atom. The van der Waals surface area contributed by atoms with Crippen LogP contribution in [0.25, 0.3) is 0 Å². The third-order valence-corrected chi connectivity index (χ3v) is 3.38. The van der Waals surface area contributed by atoms with Gasteiger partial charge in [-0.15, -0.1) is 0 Å². The molecule has 2 N–H and O–H groups in total. The summed E-state index contributed by atoms with van der Waals surface area (Å²) in [5, 5.41) is 0. The van der Waals surface area contributed by atoms with Gasteiger partial charge in [-0.1, -0.05) is 37.3 Å². The quantitative estimate of drug-likeness (QED) is 0.814. The second-order valence-corrected chi connectivity index (χ2v) is 4.96. The number of hydrogen-bond donors (Lipinski definition) is 1. The molecule has 2 rings (SSSR count). The lowest BCUT2D eigenvalue weighted by atomic mass is 9.90. The molecule has 0 radical (unpaired) electrons. The molecule has 15 heavy (non-hydrogen) atoms. The minimum Gasteiger partial charge on any atom is -0.330 e. The molecule has 2 nitrogen and oxygen atoms in total. The van der Waals surface area contributed by atoms with E-state index in [0.29, 0.717) is 5.41 Å². The lowest BCUT2D eigenvalue weighted by Crippen LogP contribution is -2.31. The summed E-state index contributed by atoms with van der Waals surface area (Å²) in [4.78, 5) is 2.50. The van der Waals surface area contributed by atoms with Gasteiger partial charge in [0.15, 0.2) is 0 Å². The fourth-order valence-corrected chi connectivity index (χ4v) is 2.27. The minimum atomic E-state index is 0.342. The Bertz CT molecular complexity index is 310. The zero-order valence-electron chi connectivity index (χ0n) is 9.45. The first-order valence-electron chi connectivity index (χ1n) is 5.68. The largest absolute Gasteiger partial charge is 0.330 e. The maximum absolute atomic E-state index is 5.80. The second kappa shape index (κ2) is 4.33. The van der Waals surface area contributed by atoms with Crippen LogP contribution in [0.5, 0.6) is 0 Å². The first kappa shape index (κ1) is 10.7. The van der Waals surface area contributed by atoms with Crippen LogP contribution in [-0.2, 0) is 6.54 Å². The van der Waals surface area contributed by atoms with E-state index in [2.05, 4.69) is 42.2 Å². The van der Waals surface area contributed by atoms with E-state index in [1.54, 1.807) is 0 Å². The van der Waals surface area contributed by atoms with Gasteiger partial charge in [0.2, 0.25) is 0 Å². The van der Waals surface area contributed by atoms with Crippen molar-refractivity contribution in [3.63, 3.8) is 0 Å². The number of nitrogens with zero attached hydrogens (tertiary/aromatic N) is 1. The summed E-state index contributed by atoms with van der Waals surface area (Å²) in [5.41, 5.74) is 7.54. The average Bonchev–Trinajstić information content (AvgIpc) is 2.63. The third-order valence-electron chi connectivity index (χ3n) is 3.38. The number of hydrogen-bond acceptors (Lipinski definition) is 2. The van der Waals surface area contributed by atoms with Crippen molar-refractivity contribution in [2.75, 3.05) is 19.6 Å².